The standard InChI is InChI=1S/C23H21N3O7/c1-15-11-17(4-5-19(15)26(29)30)23(28)33-20-6-3-16(13-21(20)31-2)12-18(14-24)22(27)25-7-9-32-10-8-25/h3-6,11-13H,7-10H2,1-2H3/b18-12+. The van der Waals surface area contributed by atoms with Crippen LogP contribution in [0.25, 0.3) is 6.08 Å². The van der Waals surface area contributed by atoms with E-state index in [2.05, 4.69) is 0 Å². The zero-order valence-electron chi connectivity index (χ0n) is 18.1. The van der Waals surface area contributed by atoms with Gasteiger partial charge in [-0.2, -0.15) is 5.26 Å². The van der Waals surface area contributed by atoms with Crippen molar-refractivity contribution in [3.63, 3.8) is 0 Å². The van der Waals surface area contributed by atoms with Crippen LogP contribution in [0.2, 0.25) is 0 Å². The van der Waals surface area contributed by atoms with E-state index in [4.69, 9.17) is 14.2 Å². The second-order valence-electron chi connectivity index (χ2n) is 7.13. The van der Waals surface area contributed by atoms with Crippen LogP contribution < -0.4 is 9.47 Å². The van der Waals surface area contributed by atoms with Gasteiger partial charge >= 0.3 is 5.97 Å². The third kappa shape index (κ3) is 5.53. The van der Waals surface area contributed by atoms with Crippen LogP contribution in [0.4, 0.5) is 5.69 Å². The van der Waals surface area contributed by atoms with E-state index >= 15 is 0 Å². The molecule has 1 heterocycles. The number of esters is 1. The molecular weight excluding hydrogens is 430 g/mol. The maximum atomic E-state index is 12.6. The molecule has 0 unspecified atom stereocenters. The van der Waals surface area contributed by atoms with E-state index in [0.29, 0.717) is 37.4 Å². The van der Waals surface area contributed by atoms with Crippen molar-refractivity contribution >= 4 is 23.6 Å². The van der Waals surface area contributed by atoms with Crippen LogP contribution in [0.1, 0.15) is 21.5 Å². The molecule has 2 aromatic carbocycles. The Bertz CT molecular complexity index is 1160. The quantitative estimate of drug-likeness (QED) is 0.164. The number of hydrogen-bond acceptors (Lipinski definition) is 8. The molecule has 1 aliphatic heterocycles. The minimum absolute atomic E-state index is 0.0370. The summed E-state index contributed by atoms with van der Waals surface area (Å²) in [5, 5.41) is 20.4. The van der Waals surface area contributed by atoms with Gasteiger partial charge in [0.2, 0.25) is 0 Å². The van der Waals surface area contributed by atoms with Crippen LogP contribution in [0.3, 0.4) is 0 Å². The highest BCUT2D eigenvalue weighted by molar-refractivity contribution is 6.01. The molecule has 2 aromatic rings. The fourth-order valence-electron chi connectivity index (χ4n) is 3.25. The Kier molecular flexibility index (Phi) is 7.38. The van der Waals surface area contributed by atoms with Crippen molar-refractivity contribution in [1.82, 2.24) is 4.90 Å². The van der Waals surface area contributed by atoms with Crippen molar-refractivity contribution in [2.75, 3.05) is 33.4 Å². The number of benzene rings is 2. The SMILES string of the molecule is COc1cc(/C=C(\C#N)C(=O)N2CCOCC2)ccc1OC(=O)c1ccc([N+](=O)[O-])c(C)c1. The monoisotopic (exact) mass is 451 g/mol. The van der Waals surface area contributed by atoms with Gasteiger partial charge in [-0.3, -0.25) is 14.9 Å². The molecule has 0 aromatic heterocycles. The molecule has 10 nitrogen and oxygen atoms in total. The second-order valence-corrected chi connectivity index (χ2v) is 7.13. The maximum Gasteiger partial charge on any atom is 0.343 e. The van der Waals surface area contributed by atoms with Gasteiger partial charge in [-0.15, -0.1) is 0 Å². The lowest BCUT2D eigenvalue weighted by Gasteiger charge is -2.26. The number of ether oxygens (including phenoxy) is 3. The molecular formula is C23H21N3O7. The highest BCUT2D eigenvalue weighted by Gasteiger charge is 2.21. The summed E-state index contributed by atoms with van der Waals surface area (Å²) in [6, 6.07) is 10.5. The summed E-state index contributed by atoms with van der Waals surface area (Å²) in [4.78, 5) is 37.1. The van der Waals surface area contributed by atoms with Crippen molar-refractivity contribution < 1.29 is 28.7 Å². The number of carbonyl (C=O) groups is 2. The number of aryl methyl sites for hydroxylation is 1. The molecule has 0 spiro atoms. The predicted molar refractivity (Wildman–Crippen MR) is 117 cm³/mol. The number of hydrogen-bond donors (Lipinski definition) is 0. The van der Waals surface area contributed by atoms with E-state index in [1.165, 1.54) is 50.4 Å². The van der Waals surface area contributed by atoms with Crippen molar-refractivity contribution in [1.29, 1.82) is 5.26 Å². The molecule has 33 heavy (non-hydrogen) atoms. The van der Waals surface area contributed by atoms with Crippen molar-refractivity contribution in [2.24, 2.45) is 0 Å². The van der Waals surface area contributed by atoms with Gasteiger partial charge in [0.15, 0.2) is 11.5 Å². The molecule has 1 aliphatic rings. The van der Waals surface area contributed by atoms with E-state index in [9.17, 15) is 25.0 Å². The van der Waals surface area contributed by atoms with Crippen LogP contribution in [0.15, 0.2) is 42.0 Å². The predicted octanol–water partition coefficient (Wildman–Crippen LogP) is 2.90. The minimum Gasteiger partial charge on any atom is -0.493 e. The molecule has 1 fully saturated rings. The van der Waals surface area contributed by atoms with Gasteiger partial charge in [-0.05, 0) is 42.8 Å². The molecule has 0 bridgehead atoms. The third-order valence-corrected chi connectivity index (χ3v) is 4.98. The Balaban J connectivity index is 1.80. The fraction of sp³-hybridized carbons (Fsp3) is 0.261. The molecule has 0 aliphatic carbocycles. The zero-order chi connectivity index (χ0) is 24.0. The summed E-state index contributed by atoms with van der Waals surface area (Å²) in [5.74, 6) is -0.765. The number of morpholine rings is 1. The third-order valence-electron chi connectivity index (χ3n) is 4.98. The Labute approximate surface area is 189 Å². The van der Waals surface area contributed by atoms with E-state index < -0.39 is 10.9 Å². The average Bonchev–Trinajstić information content (AvgIpc) is 2.83. The lowest BCUT2D eigenvalue weighted by atomic mass is 10.1. The second kappa shape index (κ2) is 10.4. The number of nitriles is 1. The lowest BCUT2D eigenvalue weighted by Crippen LogP contribution is -2.41. The largest absolute Gasteiger partial charge is 0.493 e. The Morgan fingerprint density at radius 3 is 2.52 bits per heavy atom. The summed E-state index contributed by atoms with van der Waals surface area (Å²) >= 11 is 0. The fourth-order valence-corrected chi connectivity index (χ4v) is 3.25. The molecule has 0 N–H and O–H groups in total. The minimum atomic E-state index is -0.713. The van der Waals surface area contributed by atoms with Crippen molar-refractivity contribution in [3.8, 4) is 17.6 Å². The number of nitrogens with zero attached hydrogens (tertiary/aromatic N) is 3. The van der Waals surface area contributed by atoms with Gasteiger partial charge in [-0.25, -0.2) is 4.79 Å². The van der Waals surface area contributed by atoms with Gasteiger partial charge in [-0.1, -0.05) is 6.07 Å². The molecule has 0 atom stereocenters. The highest BCUT2D eigenvalue weighted by atomic mass is 16.6. The number of carbonyl (C=O) groups excluding carboxylic acids is 2. The molecule has 1 amide bonds. The number of methoxy groups -OCH3 is 1. The zero-order valence-corrected chi connectivity index (χ0v) is 18.1. The van der Waals surface area contributed by atoms with Crippen LogP contribution in [-0.4, -0.2) is 55.1 Å². The lowest BCUT2D eigenvalue weighted by molar-refractivity contribution is -0.385. The van der Waals surface area contributed by atoms with Crippen LogP contribution in [0.5, 0.6) is 11.5 Å². The van der Waals surface area contributed by atoms with Crippen molar-refractivity contribution in [2.45, 2.75) is 6.92 Å². The molecule has 170 valence electrons. The van der Waals surface area contributed by atoms with Gasteiger partial charge in [0.05, 0.1) is 30.8 Å². The Morgan fingerprint density at radius 2 is 1.91 bits per heavy atom. The van der Waals surface area contributed by atoms with E-state index in [1.54, 1.807) is 11.0 Å². The Morgan fingerprint density at radius 1 is 1.18 bits per heavy atom. The summed E-state index contributed by atoms with van der Waals surface area (Å²) in [6.45, 7) is 3.21. The number of amides is 1. The smallest absolute Gasteiger partial charge is 0.343 e. The highest BCUT2D eigenvalue weighted by Crippen LogP contribution is 2.30. The topological polar surface area (TPSA) is 132 Å². The van der Waals surface area contributed by atoms with Gasteiger partial charge in [0.1, 0.15) is 11.6 Å². The number of nitro benzene ring substituents is 1. The van der Waals surface area contributed by atoms with Crippen LogP contribution in [-0.2, 0) is 9.53 Å². The summed E-state index contributed by atoms with van der Waals surface area (Å²) in [6.07, 6.45) is 1.44. The normalized spacial score (nSPS) is 13.7. The van der Waals surface area contributed by atoms with Gasteiger partial charge in [0.25, 0.3) is 11.6 Å². The molecule has 10 heteroatoms. The summed E-state index contributed by atoms with van der Waals surface area (Å²) in [5.41, 5.74) is 0.851. The van der Waals surface area contributed by atoms with E-state index in [0.717, 1.165) is 0 Å². The van der Waals surface area contributed by atoms with Crippen molar-refractivity contribution in [3.05, 3.63) is 68.8 Å². The van der Waals surface area contributed by atoms with Crippen LogP contribution >= 0.6 is 0 Å². The van der Waals surface area contributed by atoms with Gasteiger partial charge < -0.3 is 19.1 Å². The molecule has 0 saturated carbocycles. The number of rotatable bonds is 6. The van der Waals surface area contributed by atoms with E-state index in [-0.39, 0.29) is 34.2 Å². The molecule has 3 rings (SSSR count). The maximum absolute atomic E-state index is 12.6. The summed E-state index contributed by atoms with van der Waals surface area (Å²) < 4.78 is 15.9. The first-order valence-electron chi connectivity index (χ1n) is 9.98. The number of nitro groups is 1. The van der Waals surface area contributed by atoms with Crippen LogP contribution in [0, 0.1) is 28.4 Å². The van der Waals surface area contributed by atoms with E-state index in [1.807, 2.05) is 6.07 Å². The average molecular weight is 451 g/mol. The molecule has 1 saturated heterocycles. The first-order chi connectivity index (χ1) is 15.8. The summed E-state index contributed by atoms with van der Waals surface area (Å²) in [7, 11) is 1.39. The first kappa shape index (κ1) is 23.4. The van der Waals surface area contributed by atoms with Gasteiger partial charge in [0, 0.05) is 24.7 Å². The molecule has 0 radical (unpaired) electrons. The first-order valence-corrected chi connectivity index (χ1v) is 9.98. The Hall–Kier alpha value is -4.23.